The number of alkyl halides is 2. The lowest BCUT2D eigenvalue weighted by Crippen LogP contribution is -2.07. The van der Waals surface area contributed by atoms with Gasteiger partial charge in [-0.2, -0.15) is 0 Å². The van der Waals surface area contributed by atoms with Gasteiger partial charge in [-0.3, -0.25) is 9.78 Å². The van der Waals surface area contributed by atoms with Gasteiger partial charge in [-0.25, -0.2) is 8.78 Å². The molecular formula is C9H9F2NO2. The molecule has 0 aliphatic carbocycles. The molecule has 1 heterocycles. The second kappa shape index (κ2) is 4.64. The van der Waals surface area contributed by atoms with Crippen molar-refractivity contribution in [2.24, 2.45) is 0 Å². The van der Waals surface area contributed by atoms with Crippen molar-refractivity contribution in [1.82, 2.24) is 4.98 Å². The van der Waals surface area contributed by atoms with Gasteiger partial charge in [0.25, 0.3) is 6.43 Å². The Kier molecular flexibility index (Phi) is 3.50. The maximum atomic E-state index is 12.4. The highest BCUT2D eigenvalue weighted by molar-refractivity contribution is 5.72. The van der Waals surface area contributed by atoms with Gasteiger partial charge in [0.15, 0.2) is 0 Å². The summed E-state index contributed by atoms with van der Waals surface area (Å²) in [5, 5.41) is 0. The van der Waals surface area contributed by atoms with Crippen LogP contribution in [0.3, 0.4) is 0 Å². The summed E-state index contributed by atoms with van der Waals surface area (Å²) in [4.78, 5) is 14.5. The molecule has 1 aromatic heterocycles. The summed E-state index contributed by atoms with van der Waals surface area (Å²) in [6, 6.07) is 1.20. The molecule has 0 aromatic carbocycles. The van der Waals surface area contributed by atoms with E-state index in [0.717, 1.165) is 0 Å². The molecule has 0 saturated heterocycles. The molecule has 1 aromatic rings. The molecule has 0 unspecified atom stereocenters. The molecule has 0 amide bonds. The van der Waals surface area contributed by atoms with Crippen LogP contribution in [0.25, 0.3) is 0 Å². The Labute approximate surface area is 79.7 Å². The summed E-state index contributed by atoms with van der Waals surface area (Å²) in [5.41, 5.74) is 0.0275. The minimum absolute atomic E-state index is 0.176. The van der Waals surface area contributed by atoms with Gasteiger partial charge < -0.3 is 4.74 Å². The summed E-state index contributed by atoms with van der Waals surface area (Å²) < 4.78 is 29.2. The fraction of sp³-hybridized carbons (Fsp3) is 0.333. The Morgan fingerprint density at radius 1 is 1.64 bits per heavy atom. The number of hydrogen-bond donors (Lipinski definition) is 0. The van der Waals surface area contributed by atoms with Gasteiger partial charge in [0.2, 0.25) is 0 Å². The maximum absolute atomic E-state index is 12.4. The van der Waals surface area contributed by atoms with E-state index in [1.807, 2.05) is 0 Å². The van der Waals surface area contributed by atoms with E-state index in [9.17, 15) is 13.6 Å². The van der Waals surface area contributed by atoms with Crippen molar-refractivity contribution in [1.29, 1.82) is 0 Å². The van der Waals surface area contributed by atoms with E-state index < -0.39 is 12.4 Å². The summed E-state index contributed by atoms with van der Waals surface area (Å²) in [7, 11) is 1.21. The Hall–Kier alpha value is -1.52. The molecule has 0 bridgehead atoms. The lowest BCUT2D eigenvalue weighted by atomic mass is 10.1. The van der Waals surface area contributed by atoms with Gasteiger partial charge in [0.1, 0.15) is 0 Å². The van der Waals surface area contributed by atoms with Crippen LogP contribution in [-0.2, 0) is 16.0 Å². The second-order valence-corrected chi connectivity index (χ2v) is 2.63. The number of rotatable bonds is 3. The monoisotopic (exact) mass is 201 g/mol. The normalized spacial score (nSPS) is 10.3. The fourth-order valence-corrected chi connectivity index (χ4v) is 1.03. The smallest absolute Gasteiger partial charge is 0.310 e. The van der Waals surface area contributed by atoms with E-state index in [-0.39, 0.29) is 17.5 Å². The first-order chi connectivity index (χ1) is 6.65. The third kappa shape index (κ3) is 2.48. The lowest BCUT2D eigenvalue weighted by Gasteiger charge is -2.06. The largest absolute Gasteiger partial charge is 0.469 e. The Balaban J connectivity index is 2.90. The van der Waals surface area contributed by atoms with E-state index in [1.165, 1.54) is 25.6 Å². The molecule has 14 heavy (non-hydrogen) atoms. The average Bonchev–Trinajstić information content (AvgIpc) is 2.18. The van der Waals surface area contributed by atoms with Crippen LogP contribution in [0.5, 0.6) is 0 Å². The van der Waals surface area contributed by atoms with Crippen LogP contribution >= 0.6 is 0 Å². The van der Waals surface area contributed by atoms with Crippen LogP contribution in [0.1, 0.15) is 17.6 Å². The minimum atomic E-state index is -2.60. The quantitative estimate of drug-likeness (QED) is 0.699. The van der Waals surface area contributed by atoms with Crippen molar-refractivity contribution in [3.05, 3.63) is 29.6 Å². The fourth-order valence-electron chi connectivity index (χ4n) is 1.03. The highest BCUT2D eigenvalue weighted by atomic mass is 19.3. The van der Waals surface area contributed by atoms with Crippen LogP contribution in [0.15, 0.2) is 18.5 Å². The standard InChI is InChI=1S/C9H9F2NO2/c1-14-8(13)4-6-5-12-3-2-7(6)9(10)11/h2-3,5,9H,4H2,1H3. The van der Waals surface area contributed by atoms with Gasteiger partial charge >= 0.3 is 5.97 Å². The van der Waals surface area contributed by atoms with E-state index in [4.69, 9.17) is 0 Å². The average molecular weight is 201 g/mol. The highest BCUT2D eigenvalue weighted by Gasteiger charge is 2.14. The topological polar surface area (TPSA) is 39.2 Å². The Morgan fingerprint density at radius 2 is 2.36 bits per heavy atom. The van der Waals surface area contributed by atoms with Crippen molar-refractivity contribution >= 4 is 5.97 Å². The molecular weight excluding hydrogens is 192 g/mol. The number of ether oxygens (including phenoxy) is 1. The van der Waals surface area contributed by atoms with E-state index in [2.05, 4.69) is 9.72 Å². The molecule has 3 nitrogen and oxygen atoms in total. The zero-order valence-corrected chi connectivity index (χ0v) is 7.54. The molecule has 0 saturated carbocycles. The molecule has 76 valence electrons. The SMILES string of the molecule is COC(=O)Cc1cnccc1C(F)F. The van der Waals surface area contributed by atoms with Gasteiger partial charge in [0.05, 0.1) is 13.5 Å². The van der Waals surface area contributed by atoms with Crippen molar-refractivity contribution < 1.29 is 18.3 Å². The predicted octanol–water partition coefficient (Wildman–Crippen LogP) is 1.73. The molecule has 0 N–H and O–H groups in total. The number of aromatic nitrogens is 1. The maximum Gasteiger partial charge on any atom is 0.310 e. The van der Waals surface area contributed by atoms with Crippen molar-refractivity contribution in [2.45, 2.75) is 12.8 Å². The van der Waals surface area contributed by atoms with Crippen molar-refractivity contribution in [3.8, 4) is 0 Å². The first-order valence-electron chi connectivity index (χ1n) is 3.93. The summed E-state index contributed by atoms with van der Waals surface area (Å²) in [5.74, 6) is -0.556. The summed E-state index contributed by atoms with van der Waals surface area (Å²) in [6.45, 7) is 0. The van der Waals surface area contributed by atoms with Crippen LogP contribution in [0.2, 0.25) is 0 Å². The number of hydrogen-bond acceptors (Lipinski definition) is 3. The van der Waals surface area contributed by atoms with Crippen molar-refractivity contribution in [2.75, 3.05) is 7.11 Å². The Bertz CT molecular complexity index is 328. The number of nitrogens with zero attached hydrogens (tertiary/aromatic N) is 1. The van der Waals surface area contributed by atoms with Crippen LogP contribution in [0, 0.1) is 0 Å². The molecule has 0 fully saturated rings. The number of halogens is 2. The van der Waals surface area contributed by atoms with Gasteiger partial charge in [-0.05, 0) is 11.6 Å². The third-order valence-corrected chi connectivity index (χ3v) is 1.74. The molecule has 0 radical (unpaired) electrons. The first kappa shape index (κ1) is 10.6. The van der Waals surface area contributed by atoms with E-state index in [1.54, 1.807) is 0 Å². The zero-order valence-electron chi connectivity index (χ0n) is 7.54. The third-order valence-electron chi connectivity index (χ3n) is 1.74. The van der Waals surface area contributed by atoms with Crippen LogP contribution in [0.4, 0.5) is 8.78 Å². The molecule has 1 rings (SSSR count). The number of carbonyl (C=O) groups excluding carboxylic acids is 1. The lowest BCUT2D eigenvalue weighted by molar-refractivity contribution is -0.139. The predicted molar refractivity (Wildman–Crippen MR) is 44.9 cm³/mol. The molecule has 0 aliphatic rings. The van der Waals surface area contributed by atoms with Gasteiger partial charge in [0, 0.05) is 18.0 Å². The summed E-state index contributed by atoms with van der Waals surface area (Å²) in [6.07, 6.45) is -0.261. The van der Waals surface area contributed by atoms with E-state index >= 15 is 0 Å². The minimum Gasteiger partial charge on any atom is -0.469 e. The second-order valence-electron chi connectivity index (χ2n) is 2.63. The van der Waals surface area contributed by atoms with Gasteiger partial charge in [-0.15, -0.1) is 0 Å². The number of esters is 1. The van der Waals surface area contributed by atoms with E-state index in [0.29, 0.717) is 0 Å². The molecule has 0 spiro atoms. The zero-order chi connectivity index (χ0) is 10.6. The molecule has 0 aliphatic heterocycles. The number of carbonyl (C=O) groups is 1. The van der Waals surface area contributed by atoms with Gasteiger partial charge in [-0.1, -0.05) is 0 Å². The number of pyridine rings is 1. The number of methoxy groups -OCH3 is 1. The highest BCUT2D eigenvalue weighted by Crippen LogP contribution is 2.22. The van der Waals surface area contributed by atoms with Crippen LogP contribution < -0.4 is 0 Å². The van der Waals surface area contributed by atoms with Crippen LogP contribution in [-0.4, -0.2) is 18.1 Å². The summed E-state index contributed by atoms with van der Waals surface area (Å²) >= 11 is 0. The Morgan fingerprint density at radius 3 is 2.93 bits per heavy atom. The molecule has 5 heteroatoms. The molecule has 0 atom stereocenters. The van der Waals surface area contributed by atoms with Crippen molar-refractivity contribution in [3.63, 3.8) is 0 Å². The first-order valence-corrected chi connectivity index (χ1v) is 3.93.